The molecule has 0 aromatic heterocycles. The van der Waals surface area contributed by atoms with Crippen LogP contribution in [0.2, 0.25) is 0 Å². The van der Waals surface area contributed by atoms with Gasteiger partial charge in [0, 0.05) is 19.2 Å². The van der Waals surface area contributed by atoms with E-state index in [2.05, 4.69) is 27.8 Å². The van der Waals surface area contributed by atoms with E-state index >= 15 is 0 Å². The maximum atomic E-state index is 10.9. The molecule has 0 spiro atoms. The van der Waals surface area contributed by atoms with Gasteiger partial charge in [-0.2, -0.15) is 0 Å². The summed E-state index contributed by atoms with van der Waals surface area (Å²) in [6.45, 7) is 5.11. The molecule has 1 aromatic rings. The van der Waals surface area contributed by atoms with Crippen LogP contribution in [0.5, 0.6) is 0 Å². The topological polar surface area (TPSA) is 46.4 Å². The molecule has 0 heterocycles. The van der Waals surface area contributed by atoms with Crippen LogP contribution in [0.3, 0.4) is 0 Å². The largest absolute Gasteiger partial charge is 0.299 e. The van der Waals surface area contributed by atoms with Crippen molar-refractivity contribution in [1.29, 1.82) is 0 Å². The van der Waals surface area contributed by atoms with Gasteiger partial charge in [0.1, 0.15) is 0 Å². The van der Waals surface area contributed by atoms with Crippen LogP contribution in [0.4, 0.5) is 5.69 Å². The fourth-order valence-corrected chi connectivity index (χ4v) is 2.82. The van der Waals surface area contributed by atoms with Gasteiger partial charge in [-0.15, -0.1) is 0 Å². The summed E-state index contributed by atoms with van der Waals surface area (Å²) < 4.78 is 0.622. The molecular formula is C14H19BrN2O2. The van der Waals surface area contributed by atoms with Crippen molar-refractivity contribution in [3.63, 3.8) is 0 Å². The Balaban J connectivity index is 2.11. The predicted molar refractivity (Wildman–Crippen MR) is 79.1 cm³/mol. The summed E-state index contributed by atoms with van der Waals surface area (Å²) in [5, 5.41) is 10.9. The fourth-order valence-electron chi connectivity index (χ4n) is 2.29. The van der Waals surface area contributed by atoms with E-state index in [1.807, 2.05) is 6.07 Å². The van der Waals surface area contributed by atoms with E-state index in [1.165, 1.54) is 12.8 Å². The first-order valence-corrected chi connectivity index (χ1v) is 7.55. The number of hydrogen-bond acceptors (Lipinski definition) is 3. The highest BCUT2D eigenvalue weighted by atomic mass is 79.9. The highest BCUT2D eigenvalue weighted by Crippen LogP contribution is 2.32. The number of hydrogen-bond donors (Lipinski definition) is 0. The molecule has 0 aliphatic heterocycles. The average Bonchev–Trinajstić information content (AvgIpc) is 3.15. The number of nitrogens with zero attached hydrogens (tertiary/aromatic N) is 2. The standard InChI is InChI=1S/C14H19BrN2O2/c1-2-8-16(9-11-6-7-11)10-12-4-3-5-13(14(12)15)17(18)19/h3-5,11H,2,6-10H2,1H3. The normalized spacial score (nSPS) is 14.9. The first-order chi connectivity index (χ1) is 9.11. The summed E-state index contributed by atoms with van der Waals surface area (Å²) in [6.07, 6.45) is 3.77. The molecule has 2 rings (SSSR count). The lowest BCUT2D eigenvalue weighted by atomic mass is 10.1. The van der Waals surface area contributed by atoms with Crippen LogP contribution in [0.1, 0.15) is 31.7 Å². The van der Waals surface area contributed by atoms with E-state index in [1.54, 1.807) is 12.1 Å². The van der Waals surface area contributed by atoms with Crippen LogP contribution < -0.4 is 0 Å². The van der Waals surface area contributed by atoms with Gasteiger partial charge in [-0.05, 0) is 53.2 Å². The highest BCUT2D eigenvalue weighted by Gasteiger charge is 2.25. The van der Waals surface area contributed by atoms with Crippen LogP contribution in [0.15, 0.2) is 22.7 Å². The number of nitro benzene ring substituents is 1. The summed E-state index contributed by atoms with van der Waals surface area (Å²) in [5.74, 6) is 0.837. The zero-order valence-electron chi connectivity index (χ0n) is 11.1. The monoisotopic (exact) mass is 326 g/mol. The predicted octanol–water partition coefficient (Wildman–Crippen LogP) is 3.98. The van der Waals surface area contributed by atoms with Crippen LogP contribution >= 0.6 is 15.9 Å². The zero-order valence-corrected chi connectivity index (χ0v) is 12.7. The number of benzene rings is 1. The van der Waals surface area contributed by atoms with Gasteiger partial charge in [0.2, 0.25) is 0 Å². The highest BCUT2D eigenvalue weighted by molar-refractivity contribution is 9.10. The molecule has 0 atom stereocenters. The Labute approximate surface area is 122 Å². The molecule has 0 saturated heterocycles. The Kier molecular flexibility index (Phi) is 4.93. The van der Waals surface area contributed by atoms with E-state index in [0.29, 0.717) is 4.47 Å². The Hall–Kier alpha value is -0.940. The van der Waals surface area contributed by atoms with Crippen molar-refractivity contribution in [2.45, 2.75) is 32.7 Å². The maximum absolute atomic E-state index is 10.9. The van der Waals surface area contributed by atoms with Crippen LogP contribution in [0.25, 0.3) is 0 Å². The van der Waals surface area contributed by atoms with Crippen molar-refractivity contribution in [3.8, 4) is 0 Å². The van der Waals surface area contributed by atoms with Gasteiger partial charge in [0.05, 0.1) is 9.40 Å². The van der Waals surface area contributed by atoms with Crippen molar-refractivity contribution in [1.82, 2.24) is 4.90 Å². The van der Waals surface area contributed by atoms with Gasteiger partial charge in [0.25, 0.3) is 5.69 Å². The quantitative estimate of drug-likeness (QED) is 0.562. The lowest BCUT2D eigenvalue weighted by molar-refractivity contribution is -0.385. The molecule has 1 aliphatic carbocycles. The minimum atomic E-state index is -0.335. The minimum absolute atomic E-state index is 0.153. The Morgan fingerprint density at radius 2 is 2.21 bits per heavy atom. The molecule has 5 heteroatoms. The number of halogens is 1. The van der Waals surface area contributed by atoms with Gasteiger partial charge in [-0.3, -0.25) is 15.0 Å². The summed E-state index contributed by atoms with van der Waals surface area (Å²) in [4.78, 5) is 13.0. The molecular weight excluding hydrogens is 308 g/mol. The molecule has 1 saturated carbocycles. The second kappa shape index (κ2) is 6.48. The second-order valence-corrected chi connectivity index (χ2v) is 5.98. The van der Waals surface area contributed by atoms with Gasteiger partial charge >= 0.3 is 0 Å². The molecule has 0 unspecified atom stereocenters. The summed E-state index contributed by atoms with van der Waals surface area (Å²) >= 11 is 3.37. The molecule has 0 bridgehead atoms. The molecule has 104 valence electrons. The van der Waals surface area contributed by atoms with Crippen molar-refractivity contribution < 1.29 is 4.92 Å². The first-order valence-electron chi connectivity index (χ1n) is 6.76. The van der Waals surface area contributed by atoms with Crippen LogP contribution in [-0.2, 0) is 6.54 Å². The average molecular weight is 327 g/mol. The number of nitro groups is 1. The Morgan fingerprint density at radius 1 is 1.47 bits per heavy atom. The van der Waals surface area contributed by atoms with Crippen molar-refractivity contribution in [3.05, 3.63) is 38.3 Å². The lowest BCUT2D eigenvalue weighted by Gasteiger charge is -2.22. The van der Waals surface area contributed by atoms with Crippen LogP contribution in [0, 0.1) is 16.0 Å². The smallest absolute Gasteiger partial charge is 0.283 e. The van der Waals surface area contributed by atoms with Crippen molar-refractivity contribution >= 4 is 21.6 Å². The molecule has 4 nitrogen and oxygen atoms in total. The van der Waals surface area contributed by atoms with Gasteiger partial charge in [0.15, 0.2) is 0 Å². The third-order valence-electron chi connectivity index (χ3n) is 3.40. The summed E-state index contributed by atoms with van der Waals surface area (Å²) in [6, 6.07) is 5.27. The Bertz CT molecular complexity index is 461. The van der Waals surface area contributed by atoms with E-state index < -0.39 is 0 Å². The van der Waals surface area contributed by atoms with E-state index in [-0.39, 0.29) is 10.6 Å². The van der Waals surface area contributed by atoms with Crippen molar-refractivity contribution in [2.75, 3.05) is 13.1 Å². The van der Waals surface area contributed by atoms with Gasteiger partial charge < -0.3 is 0 Å². The SMILES string of the molecule is CCCN(Cc1cccc([N+](=O)[O-])c1Br)CC1CC1. The van der Waals surface area contributed by atoms with E-state index in [4.69, 9.17) is 0 Å². The number of rotatable bonds is 7. The van der Waals surface area contributed by atoms with E-state index in [0.717, 1.165) is 37.5 Å². The second-order valence-electron chi connectivity index (χ2n) is 5.19. The first kappa shape index (κ1) is 14.5. The minimum Gasteiger partial charge on any atom is -0.299 e. The third kappa shape index (κ3) is 4.01. The molecule has 0 radical (unpaired) electrons. The fraction of sp³-hybridized carbons (Fsp3) is 0.571. The molecule has 1 aromatic carbocycles. The molecule has 0 N–H and O–H groups in total. The van der Waals surface area contributed by atoms with Gasteiger partial charge in [-0.25, -0.2) is 0 Å². The van der Waals surface area contributed by atoms with Crippen molar-refractivity contribution in [2.24, 2.45) is 5.92 Å². The summed E-state index contributed by atoms with van der Waals surface area (Å²) in [7, 11) is 0. The molecule has 19 heavy (non-hydrogen) atoms. The maximum Gasteiger partial charge on any atom is 0.283 e. The summed E-state index contributed by atoms with van der Waals surface area (Å²) in [5.41, 5.74) is 1.16. The molecule has 1 fully saturated rings. The van der Waals surface area contributed by atoms with Gasteiger partial charge in [-0.1, -0.05) is 19.1 Å². The molecule has 1 aliphatic rings. The van der Waals surface area contributed by atoms with E-state index in [9.17, 15) is 10.1 Å². The Morgan fingerprint density at radius 3 is 2.79 bits per heavy atom. The zero-order chi connectivity index (χ0) is 13.8. The third-order valence-corrected chi connectivity index (χ3v) is 4.32. The van der Waals surface area contributed by atoms with Crippen LogP contribution in [-0.4, -0.2) is 22.9 Å². The lowest BCUT2D eigenvalue weighted by Crippen LogP contribution is -2.26. The molecule has 0 amide bonds.